The summed E-state index contributed by atoms with van der Waals surface area (Å²) in [6.07, 6.45) is 1.38. The molecule has 2 rings (SSSR count). The summed E-state index contributed by atoms with van der Waals surface area (Å²) in [5.74, 6) is -1.46. The van der Waals surface area contributed by atoms with Crippen molar-refractivity contribution in [3.63, 3.8) is 0 Å². The maximum Gasteiger partial charge on any atom is 0.337 e. The smallest absolute Gasteiger partial charge is 0.337 e. The van der Waals surface area contributed by atoms with Crippen molar-refractivity contribution >= 4 is 34.4 Å². The Morgan fingerprint density at radius 1 is 1.04 bits per heavy atom. The molecule has 0 aliphatic carbocycles. The van der Waals surface area contributed by atoms with E-state index in [1.54, 1.807) is 0 Å². The fourth-order valence-corrected chi connectivity index (χ4v) is 4.24. The van der Waals surface area contributed by atoms with Crippen LogP contribution in [0.1, 0.15) is 33.6 Å². The van der Waals surface area contributed by atoms with Crippen molar-refractivity contribution in [2.24, 2.45) is 0 Å². The zero-order chi connectivity index (χ0) is 18.6. The van der Waals surface area contributed by atoms with E-state index in [9.17, 15) is 18.0 Å². The van der Waals surface area contributed by atoms with Gasteiger partial charge in [0, 0.05) is 13.1 Å². The minimum absolute atomic E-state index is 0. The van der Waals surface area contributed by atoms with Crippen molar-refractivity contribution in [2.45, 2.75) is 23.8 Å². The van der Waals surface area contributed by atoms with Gasteiger partial charge in [0.2, 0.25) is 10.0 Å². The number of hydrogen-bond acceptors (Lipinski definition) is 7. The third-order valence-corrected chi connectivity index (χ3v) is 6.14. The molecule has 146 valence electrons. The van der Waals surface area contributed by atoms with Gasteiger partial charge in [0.25, 0.3) is 0 Å². The summed E-state index contributed by atoms with van der Waals surface area (Å²) >= 11 is 0. The van der Waals surface area contributed by atoms with E-state index < -0.39 is 22.0 Å². The summed E-state index contributed by atoms with van der Waals surface area (Å²) in [5, 5.41) is 3.18. The average molecular weight is 407 g/mol. The predicted octanol–water partition coefficient (Wildman–Crippen LogP) is 1.05. The van der Waals surface area contributed by atoms with Crippen LogP contribution in [0, 0.1) is 0 Å². The van der Waals surface area contributed by atoms with Crippen LogP contribution in [0.25, 0.3) is 0 Å². The molecule has 1 aromatic carbocycles. The lowest BCUT2D eigenvalue weighted by Crippen LogP contribution is -2.43. The zero-order valence-corrected chi connectivity index (χ0v) is 16.5. The summed E-state index contributed by atoms with van der Waals surface area (Å²) in [5.41, 5.74) is -0.0506. The monoisotopic (exact) mass is 406 g/mol. The van der Waals surface area contributed by atoms with E-state index >= 15 is 0 Å². The topological polar surface area (TPSA) is 102 Å². The molecular formula is C16H23ClN2O6S. The Kier molecular flexibility index (Phi) is 8.01. The number of carbonyl (C=O) groups is 2. The lowest BCUT2D eigenvalue weighted by atomic mass is 10.1. The summed E-state index contributed by atoms with van der Waals surface area (Å²) in [4.78, 5) is 23.5. The van der Waals surface area contributed by atoms with Crippen molar-refractivity contribution in [1.29, 1.82) is 0 Å². The second-order valence-corrected chi connectivity index (χ2v) is 7.73. The van der Waals surface area contributed by atoms with Crippen molar-refractivity contribution in [3.8, 4) is 0 Å². The van der Waals surface area contributed by atoms with Gasteiger partial charge in [0.1, 0.15) is 0 Å². The first-order valence-electron chi connectivity index (χ1n) is 7.81. The van der Waals surface area contributed by atoms with Crippen LogP contribution in [0.4, 0.5) is 0 Å². The van der Waals surface area contributed by atoms with E-state index in [1.165, 1.54) is 43.8 Å². The van der Waals surface area contributed by atoms with Gasteiger partial charge >= 0.3 is 11.9 Å². The Labute approximate surface area is 159 Å². The number of piperidine rings is 1. The lowest BCUT2D eigenvalue weighted by Gasteiger charge is -2.31. The molecule has 0 amide bonds. The van der Waals surface area contributed by atoms with Crippen LogP contribution in [0.2, 0.25) is 0 Å². The molecule has 1 fully saturated rings. The number of carbonyl (C=O) groups excluding carboxylic acids is 2. The van der Waals surface area contributed by atoms with Crippen LogP contribution in [-0.2, 0) is 19.5 Å². The average Bonchev–Trinajstić information content (AvgIpc) is 2.66. The number of nitrogens with one attached hydrogen (secondary N) is 1. The molecule has 1 aliphatic heterocycles. The maximum atomic E-state index is 13.0. The van der Waals surface area contributed by atoms with Crippen LogP contribution in [0.3, 0.4) is 0 Å². The van der Waals surface area contributed by atoms with E-state index in [-0.39, 0.29) is 34.5 Å². The number of hydrogen-bond donors (Lipinski definition) is 1. The number of methoxy groups -OCH3 is 2. The molecule has 0 radical (unpaired) electrons. The van der Waals surface area contributed by atoms with Crippen molar-refractivity contribution in [2.75, 3.05) is 34.4 Å². The van der Waals surface area contributed by atoms with Crippen molar-refractivity contribution in [1.82, 2.24) is 9.62 Å². The van der Waals surface area contributed by atoms with Gasteiger partial charge < -0.3 is 14.8 Å². The van der Waals surface area contributed by atoms with Crippen LogP contribution in [0.5, 0.6) is 0 Å². The van der Waals surface area contributed by atoms with Gasteiger partial charge in [-0.25, -0.2) is 18.0 Å². The van der Waals surface area contributed by atoms with E-state index in [0.717, 1.165) is 13.1 Å². The van der Waals surface area contributed by atoms with E-state index in [2.05, 4.69) is 14.8 Å². The molecule has 10 heteroatoms. The fourth-order valence-electron chi connectivity index (χ4n) is 2.75. The molecule has 0 saturated carbocycles. The molecule has 1 aliphatic rings. The third kappa shape index (κ3) is 4.73. The summed E-state index contributed by atoms with van der Waals surface area (Å²) < 4.78 is 36.5. The number of esters is 2. The van der Waals surface area contributed by atoms with Gasteiger partial charge in [-0.2, -0.15) is 4.31 Å². The third-order valence-electron chi connectivity index (χ3n) is 4.25. The van der Waals surface area contributed by atoms with Crippen LogP contribution >= 0.6 is 12.4 Å². The summed E-state index contributed by atoms with van der Waals surface area (Å²) in [6, 6.07) is 3.53. The highest BCUT2D eigenvalue weighted by Gasteiger charge is 2.30. The maximum absolute atomic E-state index is 13.0. The molecular weight excluding hydrogens is 384 g/mol. The molecule has 1 aromatic rings. The highest BCUT2D eigenvalue weighted by molar-refractivity contribution is 7.89. The van der Waals surface area contributed by atoms with Crippen molar-refractivity contribution < 1.29 is 27.5 Å². The van der Waals surface area contributed by atoms with Gasteiger partial charge in [-0.3, -0.25) is 0 Å². The lowest BCUT2D eigenvalue weighted by molar-refractivity contribution is 0.0598. The van der Waals surface area contributed by atoms with E-state index in [0.29, 0.717) is 12.8 Å². The molecule has 26 heavy (non-hydrogen) atoms. The molecule has 0 spiro atoms. The molecule has 8 nitrogen and oxygen atoms in total. The highest BCUT2D eigenvalue weighted by Crippen LogP contribution is 2.23. The quantitative estimate of drug-likeness (QED) is 0.729. The Bertz CT molecular complexity index is 728. The fraction of sp³-hybridized carbons (Fsp3) is 0.500. The van der Waals surface area contributed by atoms with E-state index in [4.69, 9.17) is 0 Å². The van der Waals surface area contributed by atoms with Crippen LogP contribution in [0.15, 0.2) is 23.1 Å². The minimum atomic E-state index is -3.88. The first-order chi connectivity index (χ1) is 11.8. The Hall–Kier alpha value is -1.68. The molecule has 1 saturated heterocycles. The number of rotatable bonds is 5. The first-order valence-corrected chi connectivity index (χ1v) is 9.25. The normalized spacial score (nSPS) is 15.2. The van der Waals surface area contributed by atoms with Gasteiger partial charge in [-0.05, 0) is 44.1 Å². The number of nitrogens with zero attached hydrogens (tertiary/aromatic N) is 1. The largest absolute Gasteiger partial charge is 0.465 e. The van der Waals surface area contributed by atoms with E-state index in [1.807, 2.05) is 0 Å². The Morgan fingerprint density at radius 3 is 1.92 bits per heavy atom. The molecule has 0 atom stereocenters. The second kappa shape index (κ2) is 9.31. The molecule has 1 heterocycles. The molecule has 0 unspecified atom stereocenters. The van der Waals surface area contributed by atoms with Crippen LogP contribution < -0.4 is 5.32 Å². The molecule has 1 N–H and O–H groups in total. The van der Waals surface area contributed by atoms with Crippen LogP contribution in [-0.4, -0.2) is 65.1 Å². The van der Waals surface area contributed by atoms with Gasteiger partial charge in [0.15, 0.2) is 0 Å². The summed E-state index contributed by atoms with van der Waals surface area (Å²) in [7, 11) is -0.00318. The summed E-state index contributed by atoms with van der Waals surface area (Å²) in [6.45, 7) is 1.47. The molecule has 0 bridgehead atoms. The standard InChI is InChI=1S/C16H22N2O6S.ClH/c1-18(13-4-6-17-7-5-13)25(21,22)14-9-11(15(19)23-2)8-12(10-14)16(20)24-3;/h8-10,13,17H,4-7H2,1-3H3;1H. The Balaban J connectivity index is 0.00000338. The van der Waals surface area contributed by atoms with Gasteiger partial charge in [-0.1, -0.05) is 0 Å². The number of sulfonamides is 1. The predicted molar refractivity (Wildman–Crippen MR) is 97.2 cm³/mol. The number of halogens is 1. The number of ether oxygens (including phenoxy) is 2. The second-order valence-electron chi connectivity index (χ2n) is 5.73. The Morgan fingerprint density at radius 2 is 1.50 bits per heavy atom. The first kappa shape index (κ1) is 22.4. The SMILES string of the molecule is COC(=O)c1cc(C(=O)OC)cc(S(=O)(=O)N(C)C2CCNCC2)c1.Cl. The highest BCUT2D eigenvalue weighted by atomic mass is 35.5. The number of benzene rings is 1. The minimum Gasteiger partial charge on any atom is -0.465 e. The zero-order valence-electron chi connectivity index (χ0n) is 14.9. The van der Waals surface area contributed by atoms with Gasteiger partial charge in [0.05, 0.1) is 30.2 Å². The van der Waals surface area contributed by atoms with Crippen molar-refractivity contribution in [3.05, 3.63) is 29.3 Å². The molecule has 0 aromatic heterocycles. The van der Waals surface area contributed by atoms with Gasteiger partial charge in [-0.15, -0.1) is 12.4 Å².